The summed E-state index contributed by atoms with van der Waals surface area (Å²) in [4.78, 5) is 11.6. The van der Waals surface area contributed by atoms with Crippen LogP contribution in [0, 0.1) is 6.92 Å². The zero-order valence-corrected chi connectivity index (χ0v) is 9.89. The second kappa shape index (κ2) is 5.70. The lowest BCUT2D eigenvalue weighted by atomic mass is 10.2. The van der Waals surface area contributed by atoms with Crippen LogP contribution in [0.3, 0.4) is 0 Å². The number of esters is 1. The van der Waals surface area contributed by atoms with Crippen molar-refractivity contribution in [1.82, 2.24) is 4.37 Å². The molecule has 0 aliphatic carbocycles. The first kappa shape index (κ1) is 12.0. The Morgan fingerprint density at radius 2 is 2.27 bits per heavy atom. The lowest BCUT2D eigenvalue weighted by Crippen LogP contribution is -2.08. The van der Waals surface area contributed by atoms with Crippen LogP contribution in [0.5, 0.6) is 0 Å². The van der Waals surface area contributed by atoms with Gasteiger partial charge in [0.05, 0.1) is 12.3 Å². The van der Waals surface area contributed by atoms with E-state index in [1.54, 1.807) is 6.92 Å². The van der Waals surface area contributed by atoms with E-state index < -0.39 is 0 Å². The quantitative estimate of drug-likeness (QED) is 0.620. The van der Waals surface area contributed by atoms with Crippen molar-refractivity contribution in [1.29, 1.82) is 0 Å². The number of carbonyl (C=O) groups excluding carboxylic acids is 1. The van der Waals surface area contributed by atoms with Gasteiger partial charge in [-0.05, 0) is 24.9 Å². The van der Waals surface area contributed by atoms with E-state index in [0.29, 0.717) is 22.9 Å². The van der Waals surface area contributed by atoms with Crippen LogP contribution in [0.1, 0.15) is 42.2 Å². The van der Waals surface area contributed by atoms with Crippen molar-refractivity contribution < 1.29 is 9.53 Å². The van der Waals surface area contributed by atoms with Crippen LogP contribution in [0.25, 0.3) is 0 Å². The Morgan fingerprint density at radius 1 is 1.53 bits per heavy atom. The van der Waals surface area contributed by atoms with E-state index in [-0.39, 0.29) is 5.97 Å². The van der Waals surface area contributed by atoms with Crippen molar-refractivity contribution in [2.75, 3.05) is 12.3 Å². The minimum absolute atomic E-state index is 0.352. The normalized spacial score (nSPS) is 10.3. The molecule has 0 atom stereocenters. The number of ether oxygens (including phenoxy) is 1. The molecule has 2 N–H and O–H groups in total. The summed E-state index contributed by atoms with van der Waals surface area (Å²) in [7, 11) is 0. The summed E-state index contributed by atoms with van der Waals surface area (Å²) in [5.41, 5.74) is 6.71. The standard InChI is InChI=1S/C10H16N2O2S/c1-3-4-5-6-14-10(13)8-7(2)12-15-9(8)11/h3-6,11H2,1-2H3. The van der Waals surface area contributed by atoms with Gasteiger partial charge in [-0.2, -0.15) is 4.37 Å². The van der Waals surface area contributed by atoms with Crippen molar-refractivity contribution in [2.45, 2.75) is 33.1 Å². The average Bonchev–Trinajstić information content (AvgIpc) is 2.53. The van der Waals surface area contributed by atoms with Crippen molar-refractivity contribution in [3.63, 3.8) is 0 Å². The van der Waals surface area contributed by atoms with Gasteiger partial charge in [0.15, 0.2) is 0 Å². The van der Waals surface area contributed by atoms with Crippen LogP contribution in [0.2, 0.25) is 0 Å². The van der Waals surface area contributed by atoms with Gasteiger partial charge in [0.25, 0.3) is 0 Å². The molecule has 1 rings (SSSR count). The Labute approximate surface area is 93.6 Å². The lowest BCUT2D eigenvalue weighted by Gasteiger charge is -2.03. The number of aromatic nitrogens is 1. The number of nitrogens with zero attached hydrogens (tertiary/aromatic N) is 1. The fourth-order valence-electron chi connectivity index (χ4n) is 1.22. The molecular weight excluding hydrogens is 212 g/mol. The van der Waals surface area contributed by atoms with Gasteiger partial charge in [0.1, 0.15) is 10.6 Å². The average molecular weight is 228 g/mol. The van der Waals surface area contributed by atoms with Crippen LogP contribution in [-0.2, 0) is 4.74 Å². The number of anilines is 1. The van der Waals surface area contributed by atoms with Crippen molar-refractivity contribution in [3.8, 4) is 0 Å². The summed E-state index contributed by atoms with van der Waals surface area (Å²) in [6, 6.07) is 0. The maximum atomic E-state index is 11.6. The van der Waals surface area contributed by atoms with E-state index in [4.69, 9.17) is 10.5 Å². The van der Waals surface area contributed by atoms with Gasteiger partial charge in [0, 0.05) is 0 Å². The number of carbonyl (C=O) groups is 1. The third-order valence-electron chi connectivity index (χ3n) is 2.07. The highest BCUT2D eigenvalue weighted by atomic mass is 32.1. The summed E-state index contributed by atoms with van der Waals surface area (Å²) < 4.78 is 9.10. The molecule has 0 radical (unpaired) electrons. The highest BCUT2D eigenvalue weighted by Crippen LogP contribution is 2.21. The SMILES string of the molecule is CCCCCOC(=O)c1c(C)nsc1N. The van der Waals surface area contributed by atoms with Crippen molar-refractivity contribution in [3.05, 3.63) is 11.3 Å². The molecule has 0 aliphatic rings. The fourth-order valence-corrected chi connectivity index (χ4v) is 1.87. The fraction of sp³-hybridized carbons (Fsp3) is 0.600. The largest absolute Gasteiger partial charge is 0.462 e. The second-order valence-electron chi connectivity index (χ2n) is 3.35. The van der Waals surface area contributed by atoms with Gasteiger partial charge < -0.3 is 10.5 Å². The first-order valence-corrected chi connectivity index (χ1v) is 5.83. The molecule has 0 aromatic carbocycles. The minimum atomic E-state index is -0.352. The number of rotatable bonds is 5. The number of hydrogen-bond acceptors (Lipinski definition) is 5. The maximum Gasteiger partial charge on any atom is 0.343 e. The minimum Gasteiger partial charge on any atom is -0.462 e. The first-order valence-electron chi connectivity index (χ1n) is 5.05. The molecule has 1 aromatic heterocycles. The molecule has 0 amide bonds. The second-order valence-corrected chi connectivity index (χ2v) is 4.16. The Balaban J connectivity index is 2.47. The van der Waals surface area contributed by atoms with E-state index in [9.17, 15) is 4.79 Å². The summed E-state index contributed by atoms with van der Waals surface area (Å²) in [6.07, 6.45) is 3.08. The number of nitrogens with two attached hydrogens (primary N) is 1. The molecule has 15 heavy (non-hydrogen) atoms. The third-order valence-corrected chi connectivity index (χ3v) is 2.84. The molecule has 0 saturated heterocycles. The topological polar surface area (TPSA) is 65.2 Å². The van der Waals surface area contributed by atoms with Crippen LogP contribution in [0.15, 0.2) is 0 Å². The molecule has 0 aliphatic heterocycles. The highest BCUT2D eigenvalue weighted by Gasteiger charge is 2.17. The van der Waals surface area contributed by atoms with Crippen molar-refractivity contribution in [2.24, 2.45) is 0 Å². The van der Waals surface area contributed by atoms with E-state index in [2.05, 4.69) is 11.3 Å². The number of unbranched alkanes of at least 4 members (excludes halogenated alkanes) is 2. The number of hydrogen-bond donors (Lipinski definition) is 1. The Morgan fingerprint density at radius 3 is 2.80 bits per heavy atom. The first-order chi connectivity index (χ1) is 7.16. The zero-order valence-electron chi connectivity index (χ0n) is 9.08. The summed E-state index contributed by atoms with van der Waals surface area (Å²) >= 11 is 1.13. The number of aryl methyl sites for hydroxylation is 1. The molecule has 4 nitrogen and oxygen atoms in total. The summed E-state index contributed by atoms with van der Waals surface area (Å²) in [6.45, 7) is 4.32. The van der Waals surface area contributed by atoms with Gasteiger partial charge in [-0.25, -0.2) is 4.79 Å². The molecule has 0 fully saturated rings. The number of nitrogen functional groups attached to an aromatic ring is 1. The van der Waals surface area contributed by atoms with E-state index >= 15 is 0 Å². The van der Waals surface area contributed by atoms with Crippen LogP contribution in [0.4, 0.5) is 5.00 Å². The predicted octanol–water partition coefficient (Wildman–Crippen LogP) is 2.38. The molecule has 84 valence electrons. The van der Waals surface area contributed by atoms with E-state index in [0.717, 1.165) is 30.8 Å². The zero-order chi connectivity index (χ0) is 11.3. The molecular formula is C10H16N2O2S. The smallest absolute Gasteiger partial charge is 0.343 e. The molecule has 0 unspecified atom stereocenters. The van der Waals surface area contributed by atoms with Crippen LogP contribution in [-0.4, -0.2) is 16.9 Å². The monoisotopic (exact) mass is 228 g/mol. The van der Waals surface area contributed by atoms with Gasteiger partial charge in [-0.3, -0.25) is 0 Å². The van der Waals surface area contributed by atoms with E-state index in [1.807, 2.05) is 0 Å². The maximum absolute atomic E-state index is 11.6. The van der Waals surface area contributed by atoms with Gasteiger partial charge in [-0.15, -0.1) is 0 Å². The van der Waals surface area contributed by atoms with Gasteiger partial charge in [0.2, 0.25) is 0 Å². The Kier molecular flexibility index (Phi) is 4.55. The summed E-state index contributed by atoms with van der Waals surface area (Å²) in [5.74, 6) is -0.352. The molecule has 0 spiro atoms. The van der Waals surface area contributed by atoms with Gasteiger partial charge in [-0.1, -0.05) is 19.8 Å². The molecule has 1 aromatic rings. The Hall–Kier alpha value is -1.10. The Bertz CT molecular complexity index is 317. The third kappa shape index (κ3) is 3.20. The van der Waals surface area contributed by atoms with Gasteiger partial charge >= 0.3 is 5.97 Å². The van der Waals surface area contributed by atoms with Crippen LogP contribution >= 0.6 is 11.5 Å². The lowest BCUT2D eigenvalue weighted by molar-refractivity contribution is 0.0499. The highest BCUT2D eigenvalue weighted by molar-refractivity contribution is 7.10. The molecule has 0 bridgehead atoms. The van der Waals surface area contributed by atoms with E-state index in [1.165, 1.54) is 0 Å². The van der Waals surface area contributed by atoms with Crippen LogP contribution < -0.4 is 5.73 Å². The van der Waals surface area contributed by atoms with Crippen molar-refractivity contribution >= 4 is 22.5 Å². The summed E-state index contributed by atoms with van der Waals surface area (Å²) in [5, 5.41) is 0.438. The molecule has 0 saturated carbocycles. The molecule has 1 heterocycles. The molecule has 5 heteroatoms. The predicted molar refractivity (Wildman–Crippen MR) is 61.1 cm³/mol.